The molecular formula is C19H30O2. The summed E-state index contributed by atoms with van der Waals surface area (Å²) >= 11 is 0. The second-order valence-electron chi connectivity index (χ2n) is 9.04. The largest absolute Gasteiger partial charge is 0.393 e. The molecule has 1 N–H and O–H groups in total. The zero-order valence-electron chi connectivity index (χ0n) is 13.6. The van der Waals surface area contributed by atoms with Crippen molar-refractivity contribution in [2.24, 2.45) is 34.5 Å². The Bertz CT molecular complexity index is 458. The molecule has 0 radical (unpaired) electrons. The van der Waals surface area contributed by atoms with Crippen LogP contribution in [-0.2, 0) is 4.79 Å². The molecule has 0 aromatic carbocycles. The summed E-state index contributed by atoms with van der Waals surface area (Å²) in [5.74, 6) is 3.52. The van der Waals surface area contributed by atoms with Crippen LogP contribution in [0.3, 0.4) is 0 Å². The van der Waals surface area contributed by atoms with Crippen molar-refractivity contribution >= 4 is 5.78 Å². The fourth-order valence-electron chi connectivity index (χ4n) is 7.02. The average Bonchev–Trinajstić information content (AvgIpc) is 2.76. The molecular weight excluding hydrogens is 260 g/mol. The van der Waals surface area contributed by atoms with E-state index in [0.717, 1.165) is 43.4 Å². The molecule has 2 heteroatoms. The lowest BCUT2D eigenvalue weighted by Gasteiger charge is -2.60. The summed E-state index contributed by atoms with van der Waals surface area (Å²) in [6.45, 7) is 4.85. The lowest BCUT2D eigenvalue weighted by molar-refractivity contribution is -0.141. The van der Waals surface area contributed by atoms with Crippen LogP contribution in [0, 0.1) is 34.5 Å². The number of rotatable bonds is 0. The van der Waals surface area contributed by atoms with Crippen molar-refractivity contribution in [3.8, 4) is 0 Å². The molecule has 0 bridgehead atoms. The van der Waals surface area contributed by atoms with Gasteiger partial charge in [0.2, 0.25) is 0 Å². The molecule has 0 saturated heterocycles. The normalized spacial score (nSPS) is 56.5. The summed E-state index contributed by atoms with van der Waals surface area (Å²) in [7, 11) is 0. The lowest BCUT2D eigenvalue weighted by atomic mass is 9.45. The zero-order chi connectivity index (χ0) is 14.8. The van der Waals surface area contributed by atoms with Gasteiger partial charge in [-0.2, -0.15) is 0 Å². The van der Waals surface area contributed by atoms with Gasteiger partial charge in [0.05, 0.1) is 6.10 Å². The Kier molecular flexibility index (Phi) is 3.10. The van der Waals surface area contributed by atoms with Crippen LogP contribution in [0.5, 0.6) is 0 Å². The van der Waals surface area contributed by atoms with Gasteiger partial charge >= 0.3 is 0 Å². The van der Waals surface area contributed by atoms with Gasteiger partial charge in [-0.1, -0.05) is 13.8 Å². The van der Waals surface area contributed by atoms with Gasteiger partial charge in [-0.05, 0) is 79.4 Å². The van der Waals surface area contributed by atoms with Gasteiger partial charge in [-0.15, -0.1) is 0 Å². The number of carbonyl (C=O) groups excluding carboxylic acids is 1. The van der Waals surface area contributed by atoms with E-state index in [1.807, 2.05) is 0 Å². The second-order valence-corrected chi connectivity index (χ2v) is 9.04. The number of Topliss-reactive ketones (excluding diaryl/α,β-unsaturated/α-hetero) is 1. The summed E-state index contributed by atoms with van der Waals surface area (Å²) in [6.07, 6.45) is 10.0. The molecule has 21 heavy (non-hydrogen) atoms. The van der Waals surface area contributed by atoms with E-state index in [1.165, 1.54) is 32.1 Å². The van der Waals surface area contributed by atoms with Crippen molar-refractivity contribution < 1.29 is 9.90 Å². The zero-order valence-corrected chi connectivity index (χ0v) is 13.6. The maximum absolute atomic E-state index is 11.9. The van der Waals surface area contributed by atoms with E-state index < -0.39 is 0 Å². The highest BCUT2D eigenvalue weighted by atomic mass is 16.3. The van der Waals surface area contributed by atoms with Crippen molar-refractivity contribution in [2.45, 2.75) is 77.7 Å². The third-order valence-electron chi connectivity index (χ3n) is 8.43. The van der Waals surface area contributed by atoms with Gasteiger partial charge in [0.15, 0.2) is 0 Å². The molecule has 0 amide bonds. The highest BCUT2D eigenvalue weighted by Gasteiger charge is 2.59. The van der Waals surface area contributed by atoms with E-state index in [4.69, 9.17) is 0 Å². The highest BCUT2D eigenvalue weighted by Crippen LogP contribution is 2.65. The molecule has 4 rings (SSSR count). The number of hydrogen-bond acceptors (Lipinski definition) is 2. The van der Waals surface area contributed by atoms with Gasteiger partial charge in [0.1, 0.15) is 5.78 Å². The van der Waals surface area contributed by atoms with E-state index in [0.29, 0.717) is 17.1 Å². The molecule has 0 aliphatic heterocycles. The van der Waals surface area contributed by atoms with Crippen LogP contribution < -0.4 is 0 Å². The predicted octanol–water partition coefficient (Wildman–Crippen LogP) is 3.96. The molecule has 2 nitrogen and oxygen atoms in total. The van der Waals surface area contributed by atoms with Crippen LogP contribution in [0.25, 0.3) is 0 Å². The van der Waals surface area contributed by atoms with Crippen LogP contribution >= 0.6 is 0 Å². The van der Waals surface area contributed by atoms with Gasteiger partial charge in [-0.3, -0.25) is 4.79 Å². The van der Waals surface area contributed by atoms with Crippen molar-refractivity contribution in [1.82, 2.24) is 0 Å². The fourth-order valence-corrected chi connectivity index (χ4v) is 7.02. The maximum Gasteiger partial charge on any atom is 0.133 e. The molecule has 0 aromatic heterocycles. The molecule has 4 aliphatic rings. The average molecular weight is 290 g/mol. The smallest absolute Gasteiger partial charge is 0.133 e. The summed E-state index contributed by atoms with van der Waals surface area (Å²) in [5, 5.41) is 10.5. The highest BCUT2D eigenvalue weighted by molar-refractivity contribution is 5.79. The molecule has 4 aliphatic carbocycles. The Hall–Kier alpha value is -0.370. The quantitative estimate of drug-likeness (QED) is 0.733. The van der Waals surface area contributed by atoms with E-state index in [9.17, 15) is 9.90 Å². The number of aliphatic hydroxyl groups is 1. The maximum atomic E-state index is 11.9. The first-order valence-corrected chi connectivity index (χ1v) is 9.15. The molecule has 0 spiro atoms. The number of fused-ring (bicyclic) bond motifs is 5. The van der Waals surface area contributed by atoms with E-state index in [1.54, 1.807) is 0 Å². The number of carbonyl (C=O) groups is 1. The SMILES string of the molecule is C[C@]12CCC(=O)C[C@@H]1CC[C@@H]1[C@@H]2CC[C@]2(C)C(O)CC[C@@H]12. The van der Waals surface area contributed by atoms with E-state index in [2.05, 4.69) is 13.8 Å². The van der Waals surface area contributed by atoms with Crippen molar-refractivity contribution in [2.75, 3.05) is 0 Å². The molecule has 7 atom stereocenters. The Labute approximate surface area is 128 Å². The monoisotopic (exact) mass is 290 g/mol. The van der Waals surface area contributed by atoms with Gasteiger partial charge in [0, 0.05) is 12.8 Å². The first-order chi connectivity index (χ1) is 9.95. The standard InChI is InChI=1S/C19H30O2/c1-18-9-7-13(20)11-12(18)3-4-14-15-5-6-17(21)19(15,2)10-8-16(14)18/h12,14-17,21H,3-11H2,1-2H3/t12-,14-,15-,16-,17?,18-,19-/m0/s1. The van der Waals surface area contributed by atoms with Gasteiger partial charge in [-0.25, -0.2) is 0 Å². The third kappa shape index (κ3) is 1.84. The van der Waals surface area contributed by atoms with Crippen LogP contribution in [0.4, 0.5) is 0 Å². The topological polar surface area (TPSA) is 37.3 Å². The summed E-state index contributed by atoms with van der Waals surface area (Å²) in [6, 6.07) is 0. The minimum absolute atomic E-state index is 0.0677. The third-order valence-corrected chi connectivity index (χ3v) is 8.43. The fraction of sp³-hybridized carbons (Fsp3) is 0.947. The summed E-state index contributed by atoms with van der Waals surface area (Å²) < 4.78 is 0. The van der Waals surface area contributed by atoms with Crippen LogP contribution in [0.15, 0.2) is 0 Å². The Morgan fingerprint density at radius 3 is 2.52 bits per heavy atom. The second kappa shape index (κ2) is 4.57. The van der Waals surface area contributed by atoms with E-state index in [-0.39, 0.29) is 11.5 Å². The van der Waals surface area contributed by atoms with Gasteiger partial charge < -0.3 is 5.11 Å². The molecule has 1 unspecified atom stereocenters. The number of hydrogen-bond donors (Lipinski definition) is 1. The molecule has 0 aromatic rings. The molecule has 4 saturated carbocycles. The summed E-state index contributed by atoms with van der Waals surface area (Å²) in [5.41, 5.74) is 0.598. The Morgan fingerprint density at radius 1 is 0.952 bits per heavy atom. The van der Waals surface area contributed by atoms with Crippen molar-refractivity contribution in [3.05, 3.63) is 0 Å². The minimum atomic E-state index is -0.0677. The van der Waals surface area contributed by atoms with Crippen LogP contribution in [0.2, 0.25) is 0 Å². The lowest BCUT2D eigenvalue weighted by Crippen LogP contribution is -2.54. The number of ketones is 1. The summed E-state index contributed by atoms with van der Waals surface area (Å²) in [4.78, 5) is 11.9. The minimum Gasteiger partial charge on any atom is -0.393 e. The van der Waals surface area contributed by atoms with Crippen LogP contribution in [-0.4, -0.2) is 17.0 Å². The molecule has 0 heterocycles. The van der Waals surface area contributed by atoms with Crippen LogP contribution in [0.1, 0.15) is 71.6 Å². The predicted molar refractivity (Wildman–Crippen MR) is 82.7 cm³/mol. The van der Waals surface area contributed by atoms with Crippen molar-refractivity contribution in [3.63, 3.8) is 0 Å². The molecule has 4 fully saturated rings. The number of aliphatic hydroxyl groups excluding tert-OH is 1. The molecule has 118 valence electrons. The Balaban J connectivity index is 1.64. The van der Waals surface area contributed by atoms with Crippen molar-refractivity contribution in [1.29, 1.82) is 0 Å². The van der Waals surface area contributed by atoms with Gasteiger partial charge in [0.25, 0.3) is 0 Å². The van der Waals surface area contributed by atoms with E-state index >= 15 is 0 Å². The first kappa shape index (κ1) is 14.2. The Morgan fingerprint density at radius 2 is 1.71 bits per heavy atom. The first-order valence-electron chi connectivity index (χ1n) is 9.15.